The molecule has 3 aliphatic rings. The lowest BCUT2D eigenvalue weighted by molar-refractivity contribution is -0.286. The van der Waals surface area contributed by atoms with Crippen LogP contribution in [0.25, 0.3) is 0 Å². The van der Waals surface area contributed by atoms with Crippen molar-refractivity contribution in [1.29, 1.82) is 0 Å². The topological polar surface area (TPSA) is 92.3 Å². The molecule has 2 aliphatic heterocycles. The minimum Gasteiger partial charge on any atom is -0.497 e. The van der Waals surface area contributed by atoms with Crippen LogP contribution in [0.4, 0.5) is 8.78 Å². The second-order valence-electron chi connectivity index (χ2n) is 9.93. The number of alkyl halides is 2. The number of nitrogens with one attached hydrogen (secondary N) is 1. The van der Waals surface area contributed by atoms with Crippen molar-refractivity contribution in [3.05, 3.63) is 81.3 Å². The number of amides is 1. The predicted molar refractivity (Wildman–Crippen MR) is 141 cm³/mol. The fraction of sp³-hybridized carbons (Fsp3) is 0.310. The van der Waals surface area contributed by atoms with E-state index in [4.69, 9.17) is 14.2 Å². The molecule has 2 atom stereocenters. The lowest BCUT2D eigenvalue weighted by Crippen LogP contribution is -2.40. The van der Waals surface area contributed by atoms with Crippen molar-refractivity contribution in [2.24, 2.45) is 0 Å². The zero-order valence-electron chi connectivity index (χ0n) is 21.5. The van der Waals surface area contributed by atoms with Crippen LogP contribution in [0.1, 0.15) is 58.3 Å². The molecule has 1 aliphatic carbocycles. The van der Waals surface area contributed by atoms with Crippen molar-refractivity contribution in [3.8, 4) is 23.0 Å². The monoisotopic (exact) mass is 615 g/mol. The Morgan fingerprint density at radius 2 is 1.68 bits per heavy atom. The number of ether oxygens (including phenoxy) is 5. The molecule has 3 aromatic carbocycles. The third-order valence-corrected chi connectivity index (χ3v) is 8.11. The molecule has 11 heteroatoms. The first kappa shape index (κ1) is 26.4. The molecule has 0 spiro atoms. The number of fused-ring (bicyclic) bond motifs is 2. The zero-order chi connectivity index (χ0) is 28.2. The largest absolute Gasteiger partial charge is 0.586 e. The number of rotatable bonds is 6. The van der Waals surface area contributed by atoms with Gasteiger partial charge < -0.3 is 29.0 Å². The molecule has 8 nitrogen and oxygen atoms in total. The summed E-state index contributed by atoms with van der Waals surface area (Å²) in [5.74, 6) is -0.299. The Labute approximate surface area is 236 Å². The van der Waals surface area contributed by atoms with Gasteiger partial charge in [0.2, 0.25) is 5.91 Å². The van der Waals surface area contributed by atoms with E-state index in [1.165, 1.54) is 19.2 Å². The number of methoxy groups -OCH3 is 2. The fourth-order valence-electron chi connectivity index (χ4n) is 5.23. The van der Waals surface area contributed by atoms with Crippen molar-refractivity contribution in [2.45, 2.75) is 43.1 Å². The molecule has 0 saturated heterocycles. The van der Waals surface area contributed by atoms with Crippen LogP contribution in [-0.4, -0.2) is 32.4 Å². The first-order valence-electron chi connectivity index (χ1n) is 12.6. The van der Waals surface area contributed by atoms with Crippen molar-refractivity contribution in [3.63, 3.8) is 0 Å². The van der Waals surface area contributed by atoms with Crippen molar-refractivity contribution < 1.29 is 42.1 Å². The summed E-state index contributed by atoms with van der Waals surface area (Å²) in [6, 6.07) is 15.1. The maximum absolute atomic E-state index is 13.9. The van der Waals surface area contributed by atoms with Gasteiger partial charge in [0.1, 0.15) is 17.6 Å². The molecule has 1 N–H and O–H groups in total. The van der Waals surface area contributed by atoms with Gasteiger partial charge in [-0.25, -0.2) is 4.79 Å². The average molecular weight is 616 g/mol. The molecule has 2 heterocycles. The summed E-state index contributed by atoms with van der Waals surface area (Å²) in [6.45, 7) is 0. The standard InChI is InChI=1S/C29H24BrF2NO7/c1-36-17-7-8-18-19(12-22(38-23(18)11-17)15-3-5-16(6-4-15)27(35)37-2)26(34)33-28(9-10-28)20-13-24-25(14-21(20)30)40-29(31,32)39-24/h3-8,11,13-14,19,22H,9-10,12H2,1-2H3,(H,33,34)/t19-,22-/m1/s1. The van der Waals surface area contributed by atoms with Crippen LogP contribution < -0.4 is 24.3 Å². The Kier molecular flexibility index (Phi) is 6.36. The smallest absolute Gasteiger partial charge is 0.497 e. The molecule has 40 heavy (non-hydrogen) atoms. The van der Waals surface area contributed by atoms with Crippen LogP contribution in [0.2, 0.25) is 0 Å². The average Bonchev–Trinajstić information content (AvgIpc) is 3.65. The highest BCUT2D eigenvalue weighted by Gasteiger charge is 2.51. The molecule has 208 valence electrons. The number of benzene rings is 3. The highest BCUT2D eigenvalue weighted by atomic mass is 79.9. The lowest BCUT2D eigenvalue weighted by Gasteiger charge is -2.33. The number of carbonyl (C=O) groups excluding carboxylic acids is 2. The van der Waals surface area contributed by atoms with Gasteiger partial charge in [0, 0.05) is 22.5 Å². The van der Waals surface area contributed by atoms with Crippen LogP contribution in [0, 0.1) is 0 Å². The van der Waals surface area contributed by atoms with E-state index in [-0.39, 0.29) is 17.4 Å². The Morgan fingerprint density at radius 1 is 0.975 bits per heavy atom. The van der Waals surface area contributed by atoms with E-state index in [9.17, 15) is 18.4 Å². The van der Waals surface area contributed by atoms with Crippen LogP contribution in [0.3, 0.4) is 0 Å². The summed E-state index contributed by atoms with van der Waals surface area (Å²) in [5.41, 5.74) is 1.80. The molecule has 0 bridgehead atoms. The van der Waals surface area contributed by atoms with E-state index < -0.39 is 29.8 Å². The van der Waals surface area contributed by atoms with E-state index in [0.717, 1.165) is 5.56 Å². The minimum absolute atomic E-state index is 0.0730. The van der Waals surface area contributed by atoms with Crippen LogP contribution in [-0.2, 0) is 15.1 Å². The first-order chi connectivity index (χ1) is 19.1. The summed E-state index contributed by atoms with van der Waals surface area (Å²) in [4.78, 5) is 25.8. The summed E-state index contributed by atoms with van der Waals surface area (Å²) in [7, 11) is 2.87. The normalized spacial score (nSPS) is 21.0. The molecule has 1 fully saturated rings. The van der Waals surface area contributed by atoms with Gasteiger partial charge in [0.25, 0.3) is 0 Å². The van der Waals surface area contributed by atoms with Crippen molar-refractivity contribution >= 4 is 27.8 Å². The Morgan fingerprint density at radius 3 is 2.33 bits per heavy atom. The second-order valence-corrected chi connectivity index (χ2v) is 10.8. The van der Waals surface area contributed by atoms with Crippen LogP contribution in [0.5, 0.6) is 23.0 Å². The van der Waals surface area contributed by atoms with E-state index in [2.05, 4.69) is 30.7 Å². The van der Waals surface area contributed by atoms with Crippen molar-refractivity contribution in [1.82, 2.24) is 5.32 Å². The molecule has 3 aromatic rings. The Hall–Kier alpha value is -3.86. The highest BCUT2D eigenvalue weighted by molar-refractivity contribution is 9.10. The summed E-state index contributed by atoms with van der Waals surface area (Å²) >= 11 is 3.45. The van der Waals surface area contributed by atoms with Gasteiger partial charge in [0.15, 0.2) is 11.5 Å². The maximum atomic E-state index is 13.9. The Balaban J connectivity index is 1.29. The lowest BCUT2D eigenvalue weighted by atomic mass is 9.86. The number of hydrogen-bond donors (Lipinski definition) is 1. The van der Waals surface area contributed by atoms with E-state index in [0.29, 0.717) is 51.9 Å². The summed E-state index contributed by atoms with van der Waals surface area (Å²) in [6.07, 6.45) is -2.61. The maximum Gasteiger partial charge on any atom is 0.586 e. The quantitative estimate of drug-likeness (QED) is 0.341. The van der Waals surface area contributed by atoms with Gasteiger partial charge in [-0.1, -0.05) is 34.1 Å². The number of esters is 1. The van der Waals surface area contributed by atoms with E-state index in [1.807, 2.05) is 6.07 Å². The van der Waals surface area contributed by atoms with Gasteiger partial charge in [-0.15, -0.1) is 8.78 Å². The van der Waals surface area contributed by atoms with Crippen LogP contribution >= 0.6 is 15.9 Å². The molecular formula is C29H24BrF2NO7. The van der Waals surface area contributed by atoms with Gasteiger partial charge in [-0.3, -0.25) is 4.79 Å². The van der Waals surface area contributed by atoms with Crippen LogP contribution in [0.15, 0.2) is 59.1 Å². The number of halogens is 3. The highest BCUT2D eigenvalue weighted by Crippen LogP contribution is 2.54. The third kappa shape index (κ3) is 4.72. The number of carbonyl (C=O) groups is 2. The molecule has 1 saturated carbocycles. The molecule has 0 aromatic heterocycles. The van der Waals surface area contributed by atoms with E-state index >= 15 is 0 Å². The zero-order valence-corrected chi connectivity index (χ0v) is 23.0. The SMILES string of the molecule is COC(=O)c1ccc([C@H]2C[C@@H](C(=O)NC3(c4cc5c(cc4Br)OC(F)(F)O5)CC3)c3ccc(OC)cc3O2)cc1. The van der Waals surface area contributed by atoms with Gasteiger partial charge in [0.05, 0.1) is 31.2 Å². The molecule has 1 amide bonds. The second kappa shape index (κ2) is 9.65. The van der Waals surface area contributed by atoms with Crippen molar-refractivity contribution in [2.75, 3.05) is 14.2 Å². The summed E-state index contributed by atoms with van der Waals surface area (Å²) in [5, 5.41) is 3.18. The molecule has 0 radical (unpaired) electrons. The fourth-order valence-corrected chi connectivity index (χ4v) is 5.93. The van der Waals surface area contributed by atoms with Gasteiger partial charge >= 0.3 is 12.3 Å². The molecular weight excluding hydrogens is 592 g/mol. The third-order valence-electron chi connectivity index (χ3n) is 7.45. The predicted octanol–water partition coefficient (Wildman–Crippen LogP) is 5.98. The van der Waals surface area contributed by atoms with Gasteiger partial charge in [-0.05, 0) is 54.3 Å². The van der Waals surface area contributed by atoms with Gasteiger partial charge in [-0.2, -0.15) is 0 Å². The Bertz CT molecular complexity index is 1510. The number of hydrogen-bond acceptors (Lipinski definition) is 7. The molecule has 0 unspecified atom stereocenters. The van der Waals surface area contributed by atoms with E-state index in [1.54, 1.807) is 43.5 Å². The molecule has 6 rings (SSSR count). The minimum atomic E-state index is -3.74. The summed E-state index contributed by atoms with van der Waals surface area (Å²) < 4.78 is 53.5. The first-order valence-corrected chi connectivity index (χ1v) is 13.4.